The highest BCUT2D eigenvalue weighted by atomic mass is 16.6. The number of hydrogen-bond acceptors (Lipinski definition) is 8. The van der Waals surface area contributed by atoms with Crippen LogP contribution in [0.1, 0.15) is 21.5 Å². The Morgan fingerprint density at radius 2 is 1.65 bits per heavy atom. The molecule has 0 bridgehead atoms. The number of aryl methyl sites for hydroxylation is 2. The average Bonchev–Trinajstić information content (AvgIpc) is 2.91. The molecule has 0 saturated carbocycles. The van der Waals surface area contributed by atoms with Crippen molar-refractivity contribution in [3.8, 4) is 40.1 Å². The number of rotatable bonds is 7. The van der Waals surface area contributed by atoms with Crippen LogP contribution in [0.2, 0.25) is 0 Å². The molecule has 5 rings (SSSR count). The SMILES string of the molecule is COc1ccc(-c2oc3cc(C)cc(C)c3c(=O)c2OCC(=O)c2ccc3c(c2)OCCO3)cc1OC. The van der Waals surface area contributed by atoms with Gasteiger partial charge in [0.05, 0.1) is 19.6 Å². The second kappa shape index (κ2) is 9.89. The fraction of sp³-hybridized carbons (Fsp3) is 0.241. The first-order chi connectivity index (χ1) is 17.9. The van der Waals surface area contributed by atoms with Gasteiger partial charge in [-0.15, -0.1) is 0 Å². The highest BCUT2D eigenvalue weighted by Gasteiger charge is 2.22. The second-order valence-electron chi connectivity index (χ2n) is 8.68. The van der Waals surface area contributed by atoms with Crippen molar-refractivity contribution in [1.29, 1.82) is 0 Å². The summed E-state index contributed by atoms with van der Waals surface area (Å²) in [6.07, 6.45) is 0. The molecule has 190 valence electrons. The molecule has 8 heteroatoms. The highest BCUT2D eigenvalue weighted by Crippen LogP contribution is 2.37. The third-order valence-electron chi connectivity index (χ3n) is 6.15. The van der Waals surface area contributed by atoms with Gasteiger partial charge in [0.2, 0.25) is 11.2 Å². The maximum atomic E-state index is 13.7. The molecule has 4 aromatic rings. The maximum absolute atomic E-state index is 13.7. The highest BCUT2D eigenvalue weighted by molar-refractivity contribution is 5.98. The molecular formula is C29H26O8. The van der Waals surface area contributed by atoms with E-state index in [1.54, 1.807) is 42.5 Å². The van der Waals surface area contributed by atoms with Gasteiger partial charge in [-0.2, -0.15) is 0 Å². The van der Waals surface area contributed by atoms with Crippen molar-refractivity contribution < 1.29 is 32.9 Å². The van der Waals surface area contributed by atoms with E-state index in [2.05, 4.69) is 0 Å². The van der Waals surface area contributed by atoms with E-state index in [1.165, 1.54) is 14.2 Å². The van der Waals surface area contributed by atoms with Crippen LogP contribution < -0.4 is 29.1 Å². The summed E-state index contributed by atoms with van der Waals surface area (Å²) < 4.78 is 34.0. The molecule has 8 nitrogen and oxygen atoms in total. The largest absolute Gasteiger partial charge is 0.493 e. The molecule has 1 aliphatic heterocycles. The normalized spacial score (nSPS) is 12.3. The Morgan fingerprint density at radius 1 is 0.892 bits per heavy atom. The predicted molar refractivity (Wildman–Crippen MR) is 138 cm³/mol. The molecule has 37 heavy (non-hydrogen) atoms. The molecule has 0 N–H and O–H groups in total. The number of ketones is 1. The summed E-state index contributed by atoms with van der Waals surface area (Å²) in [6, 6.07) is 13.8. The molecule has 0 saturated heterocycles. The molecule has 0 spiro atoms. The molecule has 3 aromatic carbocycles. The van der Waals surface area contributed by atoms with Crippen molar-refractivity contribution in [2.75, 3.05) is 34.0 Å². The Hall–Kier alpha value is -4.46. The zero-order valence-corrected chi connectivity index (χ0v) is 21.0. The molecule has 2 heterocycles. The Bertz CT molecular complexity index is 1570. The van der Waals surface area contributed by atoms with Gasteiger partial charge >= 0.3 is 0 Å². The summed E-state index contributed by atoms with van der Waals surface area (Å²) in [7, 11) is 3.06. The predicted octanol–water partition coefficient (Wildman–Crippen LogP) is 5.13. The van der Waals surface area contributed by atoms with Crippen LogP contribution in [-0.2, 0) is 0 Å². The molecule has 0 fully saturated rings. The fourth-order valence-electron chi connectivity index (χ4n) is 4.41. The number of Topliss-reactive ketones (excluding diaryl/α,β-unsaturated/α-hetero) is 1. The molecule has 0 unspecified atom stereocenters. The van der Waals surface area contributed by atoms with Crippen LogP contribution in [0.5, 0.6) is 28.7 Å². The summed E-state index contributed by atoms with van der Waals surface area (Å²) in [5, 5.41) is 0.400. The first kappa shape index (κ1) is 24.2. The Labute approximate surface area is 213 Å². The maximum Gasteiger partial charge on any atom is 0.235 e. The van der Waals surface area contributed by atoms with Crippen molar-refractivity contribution in [2.45, 2.75) is 13.8 Å². The van der Waals surface area contributed by atoms with E-state index in [9.17, 15) is 9.59 Å². The third kappa shape index (κ3) is 4.58. The average molecular weight is 503 g/mol. The van der Waals surface area contributed by atoms with Crippen molar-refractivity contribution in [3.05, 3.63) is 75.4 Å². The molecular weight excluding hydrogens is 476 g/mol. The fourth-order valence-corrected chi connectivity index (χ4v) is 4.41. The topological polar surface area (TPSA) is 93.4 Å². The van der Waals surface area contributed by atoms with E-state index in [0.717, 1.165) is 11.1 Å². The molecule has 0 amide bonds. The standard InChI is InChI=1S/C29H26O8/c1-16-11-17(2)26-25(12-16)37-28(19-6-7-21(32-3)23(14-19)33-4)29(27(26)31)36-15-20(30)18-5-8-22-24(13-18)35-10-9-34-22/h5-8,11-14H,9-10,15H2,1-4H3. The lowest BCUT2D eigenvalue weighted by molar-refractivity contribution is 0.0919. The van der Waals surface area contributed by atoms with Gasteiger partial charge in [-0.1, -0.05) is 6.07 Å². The minimum atomic E-state index is -0.374. The number of hydrogen-bond donors (Lipinski definition) is 0. The summed E-state index contributed by atoms with van der Waals surface area (Å²) in [5.41, 5.74) is 2.70. The van der Waals surface area contributed by atoms with Gasteiger partial charge in [-0.3, -0.25) is 9.59 Å². The van der Waals surface area contributed by atoms with E-state index >= 15 is 0 Å². The van der Waals surface area contributed by atoms with Crippen LogP contribution in [-0.4, -0.2) is 39.8 Å². The summed E-state index contributed by atoms with van der Waals surface area (Å²) >= 11 is 0. The van der Waals surface area contributed by atoms with Gasteiger partial charge in [0.1, 0.15) is 18.8 Å². The quantitative estimate of drug-likeness (QED) is 0.321. The van der Waals surface area contributed by atoms with Crippen molar-refractivity contribution in [1.82, 2.24) is 0 Å². The molecule has 0 atom stereocenters. The summed E-state index contributed by atoms with van der Waals surface area (Å²) in [4.78, 5) is 26.7. The number of benzene rings is 3. The minimum Gasteiger partial charge on any atom is -0.493 e. The third-order valence-corrected chi connectivity index (χ3v) is 6.15. The van der Waals surface area contributed by atoms with Gasteiger partial charge in [-0.05, 0) is 67.4 Å². The van der Waals surface area contributed by atoms with Crippen LogP contribution in [0.3, 0.4) is 0 Å². The van der Waals surface area contributed by atoms with Crippen molar-refractivity contribution in [2.24, 2.45) is 0 Å². The first-order valence-electron chi connectivity index (χ1n) is 11.8. The number of methoxy groups -OCH3 is 2. The smallest absolute Gasteiger partial charge is 0.235 e. The van der Waals surface area contributed by atoms with E-state index in [0.29, 0.717) is 58.3 Å². The van der Waals surface area contributed by atoms with Crippen molar-refractivity contribution in [3.63, 3.8) is 0 Å². The van der Waals surface area contributed by atoms with Crippen LogP contribution in [0, 0.1) is 13.8 Å². The number of ether oxygens (including phenoxy) is 5. The summed E-state index contributed by atoms with van der Waals surface area (Å²) in [5.74, 6) is 1.88. The summed E-state index contributed by atoms with van der Waals surface area (Å²) in [6.45, 7) is 4.26. The molecule has 1 aromatic heterocycles. The van der Waals surface area contributed by atoms with Crippen molar-refractivity contribution >= 4 is 16.8 Å². The van der Waals surface area contributed by atoms with Gasteiger partial charge in [-0.25, -0.2) is 0 Å². The Balaban J connectivity index is 1.57. The lowest BCUT2D eigenvalue weighted by atomic mass is 10.0. The van der Waals surface area contributed by atoms with Gasteiger partial charge in [0, 0.05) is 11.1 Å². The van der Waals surface area contributed by atoms with E-state index < -0.39 is 0 Å². The number of carbonyl (C=O) groups is 1. The van der Waals surface area contributed by atoms with E-state index in [1.807, 2.05) is 19.9 Å². The van der Waals surface area contributed by atoms with Gasteiger partial charge in [0.25, 0.3) is 0 Å². The lowest BCUT2D eigenvalue weighted by Crippen LogP contribution is -2.19. The first-order valence-corrected chi connectivity index (χ1v) is 11.8. The minimum absolute atomic E-state index is 0.0578. The van der Waals surface area contributed by atoms with Crippen LogP contribution >= 0.6 is 0 Å². The second-order valence-corrected chi connectivity index (χ2v) is 8.68. The molecule has 0 radical (unpaired) electrons. The lowest BCUT2D eigenvalue weighted by Gasteiger charge is -2.18. The number of fused-ring (bicyclic) bond motifs is 2. The Morgan fingerprint density at radius 3 is 2.41 bits per heavy atom. The number of carbonyl (C=O) groups excluding carboxylic acids is 1. The van der Waals surface area contributed by atoms with Gasteiger partial charge < -0.3 is 28.1 Å². The van der Waals surface area contributed by atoms with Crippen LogP contribution in [0.25, 0.3) is 22.3 Å². The monoisotopic (exact) mass is 502 g/mol. The zero-order valence-electron chi connectivity index (χ0n) is 21.0. The van der Waals surface area contributed by atoms with Crippen LogP contribution in [0.15, 0.2) is 57.7 Å². The van der Waals surface area contributed by atoms with E-state index in [4.69, 9.17) is 28.1 Å². The molecule has 1 aliphatic rings. The van der Waals surface area contributed by atoms with Gasteiger partial charge in [0.15, 0.2) is 41.1 Å². The van der Waals surface area contributed by atoms with E-state index in [-0.39, 0.29) is 29.3 Å². The zero-order chi connectivity index (χ0) is 26.1. The molecule has 0 aliphatic carbocycles. The Kier molecular flexibility index (Phi) is 6.48. The van der Waals surface area contributed by atoms with Crippen LogP contribution in [0.4, 0.5) is 0 Å².